The first-order valence-electron chi connectivity index (χ1n) is 7.63. The molecule has 0 spiro atoms. The van der Waals surface area contributed by atoms with Crippen LogP contribution in [0.15, 0.2) is 40.2 Å². The van der Waals surface area contributed by atoms with Gasteiger partial charge in [-0.05, 0) is 45.9 Å². The van der Waals surface area contributed by atoms with Crippen LogP contribution in [0.1, 0.15) is 21.7 Å². The first-order valence-corrected chi connectivity index (χ1v) is 9.68. The molecule has 0 unspecified atom stereocenters. The van der Waals surface area contributed by atoms with Gasteiger partial charge in [-0.1, -0.05) is 23.7 Å². The van der Waals surface area contributed by atoms with Crippen molar-refractivity contribution in [1.82, 2.24) is 9.80 Å². The average Bonchev–Trinajstić information content (AvgIpc) is 2.81. The van der Waals surface area contributed by atoms with E-state index in [1.807, 2.05) is 17.0 Å². The SMILES string of the molecule is O=C(c1ccccc1Cl)N1CCCN(Cc2sccc2Br)CC1. The minimum Gasteiger partial charge on any atom is -0.337 e. The fourth-order valence-electron chi connectivity index (χ4n) is 2.78. The Bertz CT molecular complexity index is 691. The molecule has 0 N–H and O–H groups in total. The third kappa shape index (κ3) is 4.15. The summed E-state index contributed by atoms with van der Waals surface area (Å²) in [6, 6.07) is 9.37. The lowest BCUT2D eigenvalue weighted by Gasteiger charge is -2.22. The number of carbonyl (C=O) groups excluding carboxylic acids is 1. The monoisotopic (exact) mass is 412 g/mol. The van der Waals surface area contributed by atoms with Crippen LogP contribution in [0, 0.1) is 0 Å². The molecule has 0 aliphatic carbocycles. The van der Waals surface area contributed by atoms with Crippen molar-refractivity contribution in [2.45, 2.75) is 13.0 Å². The molecule has 3 nitrogen and oxygen atoms in total. The summed E-state index contributed by atoms with van der Waals surface area (Å²) in [7, 11) is 0. The zero-order valence-corrected chi connectivity index (χ0v) is 15.8. The second-order valence-electron chi connectivity index (χ2n) is 5.59. The van der Waals surface area contributed by atoms with Gasteiger partial charge < -0.3 is 4.90 Å². The topological polar surface area (TPSA) is 23.6 Å². The molecule has 2 aromatic rings. The lowest BCUT2D eigenvalue weighted by Crippen LogP contribution is -2.35. The van der Waals surface area contributed by atoms with Gasteiger partial charge in [0.2, 0.25) is 0 Å². The molecule has 1 fully saturated rings. The number of nitrogens with zero attached hydrogens (tertiary/aromatic N) is 2. The first kappa shape index (κ1) is 17.0. The zero-order valence-electron chi connectivity index (χ0n) is 12.7. The van der Waals surface area contributed by atoms with Crippen molar-refractivity contribution in [2.75, 3.05) is 26.2 Å². The molecule has 2 heterocycles. The van der Waals surface area contributed by atoms with Crippen LogP contribution in [-0.4, -0.2) is 41.9 Å². The summed E-state index contributed by atoms with van der Waals surface area (Å²) in [6.07, 6.45) is 0.985. The molecule has 122 valence electrons. The molecule has 3 rings (SSSR count). The predicted octanol–water partition coefficient (Wildman–Crippen LogP) is 4.51. The number of rotatable bonds is 3. The molecule has 23 heavy (non-hydrogen) atoms. The highest BCUT2D eigenvalue weighted by molar-refractivity contribution is 9.10. The van der Waals surface area contributed by atoms with Crippen LogP contribution in [0.5, 0.6) is 0 Å². The zero-order chi connectivity index (χ0) is 16.2. The molecule has 0 radical (unpaired) electrons. The van der Waals surface area contributed by atoms with E-state index in [-0.39, 0.29) is 5.91 Å². The number of benzene rings is 1. The van der Waals surface area contributed by atoms with Crippen LogP contribution in [0.25, 0.3) is 0 Å². The molecule has 6 heteroatoms. The van der Waals surface area contributed by atoms with Crippen LogP contribution in [0.3, 0.4) is 0 Å². The lowest BCUT2D eigenvalue weighted by atomic mass is 10.2. The van der Waals surface area contributed by atoms with Crippen LogP contribution in [0.2, 0.25) is 5.02 Å². The highest BCUT2D eigenvalue weighted by Crippen LogP contribution is 2.25. The van der Waals surface area contributed by atoms with Gasteiger partial charge in [-0.2, -0.15) is 0 Å². The van der Waals surface area contributed by atoms with Gasteiger partial charge in [0.05, 0.1) is 10.6 Å². The molecule has 1 amide bonds. The highest BCUT2D eigenvalue weighted by Gasteiger charge is 2.22. The highest BCUT2D eigenvalue weighted by atomic mass is 79.9. The van der Waals surface area contributed by atoms with E-state index < -0.39 is 0 Å². The second kappa shape index (κ2) is 7.79. The van der Waals surface area contributed by atoms with Gasteiger partial charge in [0.1, 0.15) is 0 Å². The summed E-state index contributed by atoms with van der Waals surface area (Å²) in [4.78, 5) is 18.3. The van der Waals surface area contributed by atoms with E-state index in [4.69, 9.17) is 11.6 Å². The summed E-state index contributed by atoms with van der Waals surface area (Å²) in [5.41, 5.74) is 0.601. The molecule has 1 aliphatic heterocycles. The Hall–Kier alpha value is -0.880. The normalized spacial score (nSPS) is 16.3. The Morgan fingerprint density at radius 1 is 1.17 bits per heavy atom. The Morgan fingerprint density at radius 3 is 2.74 bits per heavy atom. The number of halogens is 2. The molecule has 1 saturated heterocycles. The van der Waals surface area contributed by atoms with E-state index in [0.29, 0.717) is 10.6 Å². The minimum atomic E-state index is 0.0368. The average molecular weight is 414 g/mol. The van der Waals surface area contributed by atoms with Crippen molar-refractivity contribution < 1.29 is 4.79 Å². The van der Waals surface area contributed by atoms with Crippen molar-refractivity contribution in [3.8, 4) is 0 Å². The van der Waals surface area contributed by atoms with E-state index in [1.165, 1.54) is 9.35 Å². The Kier molecular flexibility index (Phi) is 5.75. The fraction of sp³-hybridized carbons (Fsp3) is 0.353. The quantitative estimate of drug-likeness (QED) is 0.739. The maximum atomic E-state index is 12.7. The molecule has 1 aliphatic rings. The van der Waals surface area contributed by atoms with Crippen molar-refractivity contribution in [1.29, 1.82) is 0 Å². The molecule has 0 atom stereocenters. The van der Waals surface area contributed by atoms with Crippen molar-refractivity contribution in [3.05, 3.63) is 55.6 Å². The fourth-order valence-corrected chi connectivity index (χ4v) is 4.51. The van der Waals surface area contributed by atoms with Gasteiger partial charge in [-0.25, -0.2) is 0 Å². The van der Waals surface area contributed by atoms with Crippen molar-refractivity contribution in [3.63, 3.8) is 0 Å². The molecule has 1 aromatic carbocycles. The third-order valence-corrected chi connectivity index (χ3v) is 6.28. The van der Waals surface area contributed by atoms with Gasteiger partial charge >= 0.3 is 0 Å². The molecule has 0 saturated carbocycles. The summed E-state index contributed by atoms with van der Waals surface area (Å²) in [6.45, 7) is 4.36. The first-order chi connectivity index (χ1) is 11.1. The number of thiophene rings is 1. The van der Waals surface area contributed by atoms with Crippen molar-refractivity contribution in [2.24, 2.45) is 0 Å². The maximum Gasteiger partial charge on any atom is 0.255 e. The largest absolute Gasteiger partial charge is 0.337 e. The summed E-state index contributed by atoms with van der Waals surface area (Å²) >= 11 is 11.5. The standard InChI is InChI=1S/C17H18BrClN2OS/c18-14-6-11-23-16(14)12-20-7-3-8-21(10-9-20)17(22)13-4-1-2-5-15(13)19/h1-2,4-6,11H,3,7-10,12H2. The van der Waals surface area contributed by atoms with Gasteiger partial charge in [0.15, 0.2) is 0 Å². The molecular weight excluding hydrogens is 396 g/mol. The van der Waals surface area contributed by atoms with Gasteiger partial charge in [0.25, 0.3) is 5.91 Å². The van der Waals surface area contributed by atoms with Gasteiger partial charge in [0, 0.05) is 42.1 Å². The number of hydrogen-bond donors (Lipinski definition) is 0. The number of amides is 1. The number of carbonyl (C=O) groups is 1. The smallest absolute Gasteiger partial charge is 0.255 e. The molecule has 1 aromatic heterocycles. The lowest BCUT2D eigenvalue weighted by molar-refractivity contribution is 0.0761. The second-order valence-corrected chi connectivity index (χ2v) is 7.86. The van der Waals surface area contributed by atoms with Gasteiger partial charge in [-0.15, -0.1) is 11.3 Å². The van der Waals surface area contributed by atoms with E-state index in [0.717, 1.165) is 39.1 Å². The molecular formula is C17H18BrClN2OS. The maximum absolute atomic E-state index is 12.7. The van der Waals surface area contributed by atoms with E-state index in [1.54, 1.807) is 23.5 Å². The Labute approximate surface area is 154 Å². The Balaban J connectivity index is 1.63. The molecule has 0 bridgehead atoms. The summed E-state index contributed by atoms with van der Waals surface area (Å²) < 4.78 is 1.18. The van der Waals surface area contributed by atoms with E-state index in [9.17, 15) is 4.79 Å². The van der Waals surface area contributed by atoms with E-state index >= 15 is 0 Å². The Morgan fingerprint density at radius 2 is 2.00 bits per heavy atom. The summed E-state index contributed by atoms with van der Waals surface area (Å²) in [5, 5.41) is 2.63. The number of hydrogen-bond acceptors (Lipinski definition) is 3. The van der Waals surface area contributed by atoms with Crippen LogP contribution >= 0.6 is 38.9 Å². The van der Waals surface area contributed by atoms with Gasteiger partial charge in [-0.3, -0.25) is 9.69 Å². The van der Waals surface area contributed by atoms with Crippen LogP contribution in [0.4, 0.5) is 0 Å². The van der Waals surface area contributed by atoms with Crippen LogP contribution < -0.4 is 0 Å². The van der Waals surface area contributed by atoms with Crippen molar-refractivity contribution >= 4 is 44.8 Å². The third-order valence-electron chi connectivity index (χ3n) is 4.04. The minimum absolute atomic E-state index is 0.0368. The predicted molar refractivity (Wildman–Crippen MR) is 99.3 cm³/mol. The summed E-state index contributed by atoms with van der Waals surface area (Å²) in [5.74, 6) is 0.0368. The van der Waals surface area contributed by atoms with E-state index in [2.05, 4.69) is 32.3 Å². The van der Waals surface area contributed by atoms with Crippen LogP contribution in [-0.2, 0) is 6.54 Å².